The van der Waals surface area contributed by atoms with E-state index in [-0.39, 0.29) is 5.82 Å². The summed E-state index contributed by atoms with van der Waals surface area (Å²) in [5.41, 5.74) is 11.1. The van der Waals surface area contributed by atoms with E-state index in [1.165, 1.54) is 6.07 Å². The van der Waals surface area contributed by atoms with Crippen LogP contribution in [0.3, 0.4) is 0 Å². The Bertz CT molecular complexity index is 705. The molecule has 0 aliphatic carbocycles. The van der Waals surface area contributed by atoms with Crippen molar-refractivity contribution in [2.75, 3.05) is 19.4 Å². The minimum Gasteiger partial charge on any atom is -0.387 e. The van der Waals surface area contributed by atoms with E-state index in [1.54, 1.807) is 19.2 Å². The van der Waals surface area contributed by atoms with E-state index in [4.69, 9.17) is 5.73 Å². The fourth-order valence-electron chi connectivity index (χ4n) is 2.63. The van der Waals surface area contributed by atoms with Gasteiger partial charge in [-0.3, -0.25) is 4.99 Å². The molecular weight excluding hydrogens is 265 g/mol. The van der Waals surface area contributed by atoms with Gasteiger partial charge in [0.15, 0.2) is 0 Å². The Balaban J connectivity index is 2.80. The van der Waals surface area contributed by atoms with Crippen LogP contribution in [0, 0.1) is 19.7 Å². The molecule has 0 unspecified atom stereocenters. The van der Waals surface area contributed by atoms with Crippen LogP contribution in [0.1, 0.15) is 16.7 Å². The molecule has 0 aliphatic rings. The van der Waals surface area contributed by atoms with Crippen LogP contribution in [0.2, 0.25) is 0 Å². The van der Waals surface area contributed by atoms with Crippen molar-refractivity contribution in [2.45, 2.75) is 13.8 Å². The summed E-state index contributed by atoms with van der Waals surface area (Å²) >= 11 is 0. The molecule has 3 N–H and O–H groups in total. The van der Waals surface area contributed by atoms with Gasteiger partial charge >= 0.3 is 0 Å². The minimum atomic E-state index is -0.235. The summed E-state index contributed by atoms with van der Waals surface area (Å²) in [6.45, 7) is 3.91. The van der Waals surface area contributed by atoms with Gasteiger partial charge in [0.1, 0.15) is 11.7 Å². The number of rotatable bonds is 3. The minimum absolute atomic E-state index is 0.235. The molecule has 0 spiro atoms. The van der Waals surface area contributed by atoms with E-state index >= 15 is 0 Å². The first-order chi connectivity index (χ1) is 10.0. The van der Waals surface area contributed by atoms with Gasteiger partial charge in [0.25, 0.3) is 0 Å². The van der Waals surface area contributed by atoms with Crippen molar-refractivity contribution in [1.29, 1.82) is 0 Å². The van der Waals surface area contributed by atoms with Crippen molar-refractivity contribution in [1.82, 2.24) is 0 Å². The number of anilines is 1. The molecule has 0 fully saturated rings. The second-order valence-electron chi connectivity index (χ2n) is 4.95. The van der Waals surface area contributed by atoms with E-state index in [0.29, 0.717) is 11.4 Å². The van der Waals surface area contributed by atoms with E-state index in [0.717, 1.165) is 27.9 Å². The van der Waals surface area contributed by atoms with Crippen molar-refractivity contribution < 1.29 is 4.39 Å². The first kappa shape index (κ1) is 15.0. The molecule has 0 bridgehead atoms. The molecule has 21 heavy (non-hydrogen) atoms. The number of aliphatic imine (C=N–C) groups is 1. The lowest BCUT2D eigenvalue weighted by atomic mass is 9.91. The predicted molar refractivity (Wildman–Crippen MR) is 87.5 cm³/mol. The largest absolute Gasteiger partial charge is 0.387 e. The number of amidine groups is 1. The van der Waals surface area contributed by atoms with Gasteiger partial charge in [0.2, 0.25) is 0 Å². The van der Waals surface area contributed by atoms with Crippen molar-refractivity contribution in [3.63, 3.8) is 0 Å². The summed E-state index contributed by atoms with van der Waals surface area (Å²) in [4.78, 5) is 4.05. The van der Waals surface area contributed by atoms with E-state index < -0.39 is 0 Å². The summed E-state index contributed by atoms with van der Waals surface area (Å²) in [7, 11) is 3.49. The monoisotopic (exact) mass is 285 g/mol. The summed E-state index contributed by atoms with van der Waals surface area (Å²) in [6.07, 6.45) is 0. The van der Waals surface area contributed by atoms with Crippen LogP contribution in [-0.4, -0.2) is 19.9 Å². The van der Waals surface area contributed by atoms with Crippen LogP contribution in [-0.2, 0) is 0 Å². The molecule has 0 aromatic heterocycles. The number of aryl methyl sites for hydroxylation is 1. The van der Waals surface area contributed by atoms with Gasteiger partial charge in [-0.25, -0.2) is 4.39 Å². The fourth-order valence-corrected chi connectivity index (χ4v) is 2.63. The van der Waals surface area contributed by atoms with Crippen LogP contribution >= 0.6 is 0 Å². The summed E-state index contributed by atoms with van der Waals surface area (Å²) in [5, 5.41) is 3.17. The number of nitrogens with one attached hydrogen (secondary N) is 1. The average Bonchev–Trinajstić information content (AvgIpc) is 2.49. The highest BCUT2D eigenvalue weighted by atomic mass is 19.1. The van der Waals surface area contributed by atoms with Crippen LogP contribution < -0.4 is 11.1 Å². The van der Waals surface area contributed by atoms with Gasteiger partial charge in [-0.2, -0.15) is 0 Å². The molecule has 0 radical (unpaired) electrons. The molecule has 0 amide bonds. The van der Waals surface area contributed by atoms with Crippen molar-refractivity contribution in [2.24, 2.45) is 10.7 Å². The van der Waals surface area contributed by atoms with Gasteiger partial charge in [-0.15, -0.1) is 0 Å². The van der Waals surface area contributed by atoms with Crippen LogP contribution in [0.15, 0.2) is 35.3 Å². The molecule has 2 aromatic carbocycles. The Hall–Kier alpha value is -2.36. The maximum Gasteiger partial charge on any atom is 0.131 e. The first-order valence-corrected chi connectivity index (χ1v) is 6.80. The van der Waals surface area contributed by atoms with E-state index in [1.807, 2.05) is 33.0 Å². The molecule has 0 saturated carbocycles. The van der Waals surface area contributed by atoms with E-state index in [2.05, 4.69) is 10.3 Å². The van der Waals surface area contributed by atoms with Crippen LogP contribution in [0.25, 0.3) is 11.1 Å². The molecule has 110 valence electrons. The Labute approximate surface area is 124 Å². The molecular formula is C17H20FN3. The normalized spacial score (nSPS) is 11.6. The maximum absolute atomic E-state index is 14.2. The van der Waals surface area contributed by atoms with Crippen molar-refractivity contribution >= 4 is 11.5 Å². The molecule has 0 atom stereocenters. The van der Waals surface area contributed by atoms with Gasteiger partial charge in [-0.05, 0) is 37.1 Å². The Morgan fingerprint density at radius 1 is 1.24 bits per heavy atom. The Morgan fingerprint density at radius 2 is 1.90 bits per heavy atom. The fraction of sp³-hybridized carbons (Fsp3) is 0.235. The maximum atomic E-state index is 14.2. The van der Waals surface area contributed by atoms with Gasteiger partial charge in [-0.1, -0.05) is 18.2 Å². The highest BCUT2D eigenvalue weighted by molar-refractivity contribution is 6.02. The summed E-state index contributed by atoms with van der Waals surface area (Å²) in [6, 6.07) is 8.74. The number of benzene rings is 2. The third-order valence-electron chi connectivity index (χ3n) is 3.69. The number of halogens is 1. The third kappa shape index (κ3) is 2.61. The quantitative estimate of drug-likeness (QED) is 0.670. The van der Waals surface area contributed by atoms with Crippen LogP contribution in [0.5, 0.6) is 0 Å². The zero-order valence-electron chi connectivity index (χ0n) is 12.8. The van der Waals surface area contributed by atoms with Crippen molar-refractivity contribution in [3.8, 4) is 11.1 Å². The van der Waals surface area contributed by atoms with E-state index in [9.17, 15) is 4.39 Å². The topological polar surface area (TPSA) is 50.4 Å². The lowest BCUT2D eigenvalue weighted by Gasteiger charge is -2.19. The number of hydrogen-bond donors (Lipinski definition) is 2. The molecule has 2 rings (SSSR count). The van der Waals surface area contributed by atoms with Gasteiger partial charge < -0.3 is 11.1 Å². The third-order valence-corrected chi connectivity index (χ3v) is 3.69. The average molecular weight is 285 g/mol. The number of nitrogens with zero attached hydrogens (tertiary/aromatic N) is 1. The summed E-state index contributed by atoms with van der Waals surface area (Å²) < 4.78 is 14.2. The lowest BCUT2D eigenvalue weighted by Crippen LogP contribution is -2.16. The molecule has 2 aromatic rings. The Kier molecular flexibility index (Phi) is 4.26. The van der Waals surface area contributed by atoms with Gasteiger partial charge in [0, 0.05) is 36.5 Å². The summed E-state index contributed by atoms with van der Waals surface area (Å²) in [5.74, 6) is 0.244. The van der Waals surface area contributed by atoms with Crippen molar-refractivity contribution in [3.05, 3.63) is 52.8 Å². The highest BCUT2D eigenvalue weighted by Crippen LogP contribution is 2.37. The number of hydrogen-bond acceptors (Lipinski definition) is 2. The molecule has 3 nitrogen and oxygen atoms in total. The smallest absolute Gasteiger partial charge is 0.131 e. The first-order valence-electron chi connectivity index (χ1n) is 6.80. The second kappa shape index (κ2) is 5.95. The predicted octanol–water partition coefficient (Wildman–Crippen LogP) is 3.49. The van der Waals surface area contributed by atoms with Gasteiger partial charge in [0.05, 0.1) is 0 Å². The number of nitrogens with two attached hydrogens (primary N) is 1. The molecule has 0 aliphatic heterocycles. The van der Waals surface area contributed by atoms with Crippen LogP contribution in [0.4, 0.5) is 10.1 Å². The highest BCUT2D eigenvalue weighted by Gasteiger charge is 2.17. The molecule has 0 heterocycles. The second-order valence-corrected chi connectivity index (χ2v) is 4.95. The zero-order chi connectivity index (χ0) is 15.6. The molecule has 0 saturated heterocycles. The SMILES string of the molecule is CN=C(N)c1cc(C)c(-c2ccccc2F)c(NC)c1C. The molecule has 4 heteroatoms. The lowest BCUT2D eigenvalue weighted by molar-refractivity contribution is 0.631. The zero-order valence-corrected chi connectivity index (χ0v) is 12.8. The Morgan fingerprint density at radius 3 is 2.48 bits per heavy atom. The standard InChI is InChI=1S/C17H20FN3/c1-10-9-13(17(19)21-4)11(2)16(20-3)15(10)12-7-5-6-8-14(12)18/h5-9,20H,1-4H3,(H2,19,21).